The molecule has 2 fully saturated rings. The molecule has 2 aliphatic rings. The molecule has 222 valence electrons. The topological polar surface area (TPSA) is 100 Å². The SMILES string of the molecule is CC(=O)c1cn(CC(=O)N2C[C@H](F)C[C@@H]2C(=O)NC2CCCN(c3ccccc3Cl)C2)c2ccc(-c3ccnnc3)cc12. The van der Waals surface area contributed by atoms with Crippen LogP contribution < -0.4 is 10.2 Å². The summed E-state index contributed by atoms with van der Waals surface area (Å²) in [5.74, 6) is -0.866. The lowest BCUT2D eigenvalue weighted by molar-refractivity contribution is -0.139. The van der Waals surface area contributed by atoms with Crippen LogP contribution in [0, 0.1) is 0 Å². The largest absolute Gasteiger partial charge is 0.368 e. The Kier molecular flexibility index (Phi) is 8.12. The number of carbonyl (C=O) groups is 3. The third kappa shape index (κ3) is 5.97. The van der Waals surface area contributed by atoms with Crippen molar-refractivity contribution in [3.8, 4) is 11.1 Å². The van der Waals surface area contributed by atoms with Crippen molar-refractivity contribution in [1.82, 2.24) is 25.0 Å². The molecule has 0 aliphatic carbocycles. The summed E-state index contributed by atoms with van der Waals surface area (Å²) in [5.41, 5.74) is 3.80. The zero-order valence-electron chi connectivity index (χ0n) is 23.7. The summed E-state index contributed by atoms with van der Waals surface area (Å²) in [6.45, 7) is 2.61. The molecule has 2 amide bonds. The predicted octanol–water partition coefficient (Wildman–Crippen LogP) is 4.68. The Labute approximate surface area is 253 Å². The fraction of sp³-hybridized carbons (Fsp3) is 0.344. The first-order chi connectivity index (χ1) is 20.8. The van der Waals surface area contributed by atoms with Crippen LogP contribution in [-0.4, -0.2) is 75.2 Å². The van der Waals surface area contributed by atoms with E-state index in [4.69, 9.17) is 11.6 Å². The number of Topliss-reactive ketones (excluding diaryl/α,β-unsaturated/α-hetero) is 1. The van der Waals surface area contributed by atoms with Crippen LogP contribution in [0.5, 0.6) is 0 Å². The minimum atomic E-state index is -1.30. The second-order valence-electron chi connectivity index (χ2n) is 11.2. The molecule has 4 aromatic rings. The van der Waals surface area contributed by atoms with Crippen molar-refractivity contribution in [1.29, 1.82) is 0 Å². The number of aromatic nitrogens is 3. The number of halogens is 2. The summed E-state index contributed by atoms with van der Waals surface area (Å²) in [7, 11) is 0. The number of likely N-dealkylation sites (tertiary alicyclic amines) is 1. The van der Waals surface area contributed by atoms with Crippen LogP contribution >= 0.6 is 11.6 Å². The zero-order chi connectivity index (χ0) is 30.1. The molecule has 1 unspecified atom stereocenters. The van der Waals surface area contributed by atoms with Crippen molar-refractivity contribution in [3.05, 3.63) is 77.7 Å². The van der Waals surface area contributed by atoms with Gasteiger partial charge in [0.2, 0.25) is 11.8 Å². The van der Waals surface area contributed by atoms with E-state index in [1.54, 1.807) is 23.2 Å². The van der Waals surface area contributed by atoms with Gasteiger partial charge in [0.1, 0.15) is 18.8 Å². The highest BCUT2D eigenvalue weighted by Gasteiger charge is 2.40. The first-order valence-electron chi connectivity index (χ1n) is 14.4. The molecule has 1 N–H and O–H groups in total. The Balaban J connectivity index is 1.18. The lowest BCUT2D eigenvalue weighted by atomic mass is 10.0. The van der Waals surface area contributed by atoms with Gasteiger partial charge >= 0.3 is 0 Å². The third-order valence-corrected chi connectivity index (χ3v) is 8.64. The molecule has 2 aliphatic heterocycles. The number of hydrogen-bond donors (Lipinski definition) is 1. The first-order valence-corrected chi connectivity index (χ1v) is 14.8. The lowest BCUT2D eigenvalue weighted by Gasteiger charge is -2.36. The highest BCUT2D eigenvalue weighted by atomic mass is 35.5. The summed E-state index contributed by atoms with van der Waals surface area (Å²) >= 11 is 6.40. The highest BCUT2D eigenvalue weighted by Crippen LogP contribution is 2.30. The van der Waals surface area contributed by atoms with Crippen molar-refractivity contribution >= 4 is 45.8 Å². The molecule has 2 aromatic carbocycles. The zero-order valence-corrected chi connectivity index (χ0v) is 24.5. The van der Waals surface area contributed by atoms with E-state index in [-0.39, 0.29) is 43.1 Å². The Hall–Kier alpha value is -4.31. The number of ketones is 1. The van der Waals surface area contributed by atoms with Gasteiger partial charge in [-0.1, -0.05) is 29.8 Å². The van der Waals surface area contributed by atoms with Crippen molar-refractivity contribution in [2.24, 2.45) is 0 Å². The maximum atomic E-state index is 14.7. The number of piperidine rings is 1. The summed E-state index contributed by atoms with van der Waals surface area (Å²) in [5, 5.41) is 12.2. The molecule has 4 heterocycles. The number of fused-ring (bicyclic) bond motifs is 1. The van der Waals surface area contributed by atoms with Crippen LogP contribution in [0.2, 0.25) is 5.02 Å². The maximum Gasteiger partial charge on any atom is 0.243 e. The molecule has 0 saturated carbocycles. The third-order valence-electron chi connectivity index (χ3n) is 8.32. The van der Waals surface area contributed by atoms with E-state index in [9.17, 15) is 18.8 Å². The van der Waals surface area contributed by atoms with Crippen molar-refractivity contribution in [2.45, 2.75) is 51.0 Å². The average molecular weight is 603 g/mol. The van der Waals surface area contributed by atoms with Gasteiger partial charge in [-0.05, 0) is 55.7 Å². The predicted molar refractivity (Wildman–Crippen MR) is 163 cm³/mol. The van der Waals surface area contributed by atoms with E-state index in [1.165, 1.54) is 11.8 Å². The normalized spacial score (nSPS) is 20.4. The molecule has 2 aromatic heterocycles. The fourth-order valence-corrected chi connectivity index (χ4v) is 6.47. The van der Waals surface area contributed by atoms with E-state index >= 15 is 0 Å². The molecule has 0 radical (unpaired) electrons. The minimum absolute atomic E-state index is 0.0486. The van der Waals surface area contributed by atoms with E-state index in [2.05, 4.69) is 20.4 Å². The van der Waals surface area contributed by atoms with Crippen molar-refractivity contribution in [2.75, 3.05) is 24.5 Å². The van der Waals surface area contributed by atoms with Crippen LogP contribution in [0.3, 0.4) is 0 Å². The van der Waals surface area contributed by atoms with Crippen LogP contribution in [-0.2, 0) is 16.1 Å². The quantitative estimate of drug-likeness (QED) is 0.308. The smallest absolute Gasteiger partial charge is 0.243 e. The number of nitrogens with one attached hydrogen (secondary N) is 1. The number of para-hydroxylation sites is 1. The summed E-state index contributed by atoms with van der Waals surface area (Å²) < 4.78 is 16.4. The van der Waals surface area contributed by atoms with Crippen LogP contribution in [0.4, 0.5) is 10.1 Å². The van der Waals surface area contributed by atoms with Gasteiger partial charge in [0, 0.05) is 53.8 Å². The number of rotatable bonds is 7. The molecule has 0 spiro atoms. The van der Waals surface area contributed by atoms with E-state index in [0.717, 1.165) is 36.2 Å². The molecule has 11 heteroatoms. The Morgan fingerprint density at radius 3 is 2.67 bits per heavy atom. The van der Waals surface area contributed by atoms with Gasteiger partial charge < -0.3 is 19.7 Å². The number of hydrogen-bond acceptors (Lipinski definition) is 6. The van der Waals surface area contributed by atoms with Gasteiger partial charge in [-0.2, -0.15) is 10.2 Å². The monoisotopic (exact) mass is 602 g/mol. The highest BCUT2D eigenvalue weighted by molar-refractivity contribution is 6.33. The molecule has 0 bridgehead atoms. The molecular formula is C32H32ClFN6O3. The van der Waals surface area contributed by atoms with Gasteiger partial charge in [-0.3, -0.25) is 14.4 Å². The Morgan fingerprint density at radius 1 is 1.07 bits per heavy atom. The Morgan fingerprint density at radius 2 is 1.91 bits per heavy atom. The Bertz CT molecular complexity index is 1680. The summed E-state index contributed by atoms with van der Waals surface area (Å²) in [6, 6.07) is 14.0. The number of benzene rings is 2. The van der Waals surface area contributed by atoms with Crippen molar-refractivity contribution < 1.29 is 18.8 Å². The molecule has 43 heavy (non-hydrogen) atoms. The number of anilines is 1. The first kappa shape index (κ1) is 28.8. The second-order valence-corrected chi connectivity index (χ2v) is 11.6. The van der Waals surface area contributed by atoms with Gasteiger partial charge in [-0.25, -0.2) is 4.39 Å². The number of alkyl halides is 1. The van der Waals surface area contributed by atoms with E-state index < -0.39 is 12.2 Å². The van der Waals surface area contributed by atoms with Crippen LogP contribution in [0.15, 0.2) is 67.1 Å². The van der Waals surface area contributed by atoms with E-state index in [0.29, 0.717) is 28.0 Å². The molecule has 9 nitrogen and oxygen atoms in total. The van der Waals surface area contributed by atoms with Crippen LogP contribution in [0.1, 0.15) is 36.5 Å². The van der Waals surface area contributed by atoms with Crippen molar-refractivity contribution in [3.63, 3.8) is 0 Å². The molecular weight excluding hydrogens is 571 g/mol. The van der Waals surface area contributed by atoms with Crippen LogP contribution in [0.25, 0.3) is 22.0 Å². The standard InChI is InChI=1S/C32H32ClFN6O3/c1-20(41)26-18-39(28-9-8-21(13-25(26)28)22-10-11-35-36-15-22)19-31(42)40-16-23(34)14-30(40)32(43)37-24-5-4-12-38(17-24)29-7-3-2-6-27(29)33/h2-3,6-11,13,15,18,23-24,30H,4-5,12,14,16-17,19H2,1H3,(H,37,43)/t23-,24?,30-/m1/s1. The molecule has 6 rings (SSSR count). The van der Waals surface area contributed by atoms with Gasteiger partial charge in [-0.15, -0.1) is 0 Å². The number of carbonyl (C=O) groups excluding carboxylic acids is 3. The number of nitrogens with zero attached hydrogens (tertiary/aromatic N) is 5. The van der Waals surface area contributed by atoms with E-state index in [1.807, 2.05) is 48.5 Å². The van der Waals surface area contributed by atoms with Gasteiger partial charge in [0.15, 0.2) is 5.78 Å². The van der Waals surface area contributed by atoms with Gasteiger partial charge in [0.05, 0.1) is 29.6 Å². The van der Waals surface area contributed by atoms with Gasteiger partial charge in [0.25, 0.3) is 0 Å². The average Bonchev–Trinajstić information content (AvgIpc) is 3.58. The summed E-state index contributed by atoms with van der Waals surface area (Å²) in [6.07, 6.45) is 5.20. The fourth-order valence-electron chi connectivity index (χ4n) is 6.21. The number of amides is 2. The molecule has 3 atom stereocenters. The minimum Gasteiger partial charge on any atom is -0.368 e. The maximum absolute atomic E-state index is 14.7. The molecule has 2 saturated heterocycles. The summed E-state index contributed by atoms with van der Waals surface area (Å²) in [4.78, 5) is 43.0. The lowest BCUT2D eigenvalue weighted by Crippen LogP contribution is -2.53. The second kappa shape index (κ2) is 12.1.